The van der Waals surface area contributed by atoms with Crippen LogP contribution in [-0.2, 0) is 4.74 Å². The van der Waals surface area contributed by atoms with Crippen molar-refractivity contribution in [1.82, 2.24) is 0 Å². The van der Waals surface area contributed by atoms with E-state index in [1.54, 1.807) is 7.11 Å². The van der Waals surface area contributed by atoms with Gasteiger partial charge in [-0.25, -0.2) is 0 Å². The van der Waals surface area contributed by atoms with E-state index in [-0.39, 0.29) is 11.9 Å². The number of hydrogen-bond acceptors (Lipinski definition) is 2. The Morgan fingerprint density at radius 2 is 1.71 bits per heavy atom. The molecule has 0 saturated heterocycles. The molecular formula is C21H23O2P. The second-order valence-electron chi connectivity index (χ2n) is 6.05. The van der Waals surface area contributed by atoms with Gasteiger partial charge in [0.25, 0.3) is 0 Å². The van der Waals surface area contributed by atoms with Crippen LogP contribution in [0.2, 0.25) is 0 Å². The van der Waals surface area contributed by atoms with Crippen LogP contribution in [0.5, 0.6) is 5.75 Å². The molecule has 0 bridgehead atoms. The maximum absolute atomic E-state index is 5.88. The Balaban J connectivity index is 2.14. The molecule has 3 heteroatoms. The molecule has 3 rings (SSSR count). The standard InChI is InChI=1S/C21H23O2P/c1-17-10-9-15-21(17,2)24(18-11-5-4-6-12-18)20-14-8-7-13-19(20)23-16-22-3/h4-15H,16H2,1-3H3. The smallest absolute Gasteiger partial charge is 0.188 e. The summed E-state index contributed by atoms with van der Waals surface area (Å²) >= 11 is 0. The fourth-order valence-corrected chi connectivity index (χ4v) is 6.09. The molecule has 0 fully saturated rings. The van der Waals surface area contributed by atoms with Gasteiger partial charge in [-0.2, -0.15) is 0 Å². The van der Waals surface area contributed by atoms with Gasteiger partial charge in [-0.05, 0) is 33.1 Å². The van der Waals surface area contributed by atoms with Crippen LogP contribution in [0.15, 0.2) is 78.4 Å². The summed E-state index contributed by atoms with van der Waals surface area (Å²) in [6, 6.07) is 19.1. The molecule has 124 valence electrons. The van der Waals surface area contributed by atoms with Gasteiger partial charge < -0.3 is 9.47 Å². The lowest BCUT2D eigenvalue weighted by Gasteiger charge is -2.36. The normalized spacial score (nSPS) is 20.7. The first kappa shape index (κ1) is 17.0. The fourth-order valence-electron chi connectivity index (χ4n) is 3.05. The van der Waals surface area contributed by atoms with Crippen molar-refractivity contribution in [2.75, 3.05) is 13.9 Å². The summed E-state index contributed by atoms with van der Waals surface area (Å²) in [6.07, 6.45) is 6.72. The Bertz CT molecular complexity index is 751. The average Bonchev–Trinajstić information content (AvgIpc) is 2.95. The van der Waals surface area contributed by atoms with Gasteiger partial charge in [0, 0.05) is 17.6 Å². The van der Waals surface area contributed by atoms with E-state index in [1.807, 2.05) is 12.1 Å². The van der Waals surface area contributed by atoms with Gasteiger partial charge in [-0.3, -0.25) is 0 Å². The molecule has 0 heterocycles. The number of ether oxygens (including phenoxy) is 2. The lowest BCUT2D eigenvalue weighted by molar-refractivity contribution is 0.0519. The van der Waals surface area contributed by atoms with Crippen LogP contribution in [-0.4, -0.2) is 19.1 Å². The van der Waals surface area contributed by atoms with Crippen molar-refractivity contribution < 1.29 is 9.47 Å². The third-order valence-electron chi connectivity index (χ3n) is 4.48. The maximum Gasteiger partial charge on any atom is 0.188 e. The SMILES string of the molecule is COCOc1ccccc1P(c1ccccc1)C1(C)C=CC=C1C. The monoisotopic (exact) mass is 338 g/mol. The Hall–Kier alpha value is -1.89. The van der Waals surface area contributed by atoms with Crippen LogP contribution in [0.25, 0.3) is 0 Å². The maximum atomic E-state index is 5.88. The van der Waals surface area contributed by atoms with E-state index in [1.165, 1.54) is 16.2 Å². The predicted octanol–water partition coefficient (Wildman–Crippen LogP) is 4.38. The molecule has 2 aromatic rings. The highest BCUT2D eigenvalue weighted by molar-refractivity contribution is 7.75. The molecule has 2 nitrogen and oxygen atoms in total. The lowest BCUT2D eigenvalue weighted by Crippen LogP contribution is -2.31. The molecule has 24 heavy (non-hydrogen) atoms. The highest BCUT2D eigenvalue weighted by Gasteiger charge is 2.38. The van der Waals surface area contributed by atoms with E-state index in [9.17, 15) is 0 Å². The number of benzene rings is 2. The van der Waals surface area contributed by atoms with Gasteiger partial charge >= 0.3 is 0 Å². The fraction of sp³-hybridized carbons (Fsp3) is 0.238. The first-order valence-electron chi connectivity index (χ1n) is 8.09. The van der Waals surface area contributed by atoms with Gasteiger partial charge in [0.15, 0.2) is 6.79 Å². The zero-order chi connectivity index (χ0) is 17.0. The molecule has 1 aliphatic rings. The van der Waals surface area contributed by atoms with Crippen LogP contribution >= 0.6 is 7.92 Å². The number of rotatable bonds is 6. The van der Waals surface area contributed by atoms with Gasteiger partial charge in [0.05, 0.1) is 0 Å². The summed E-state index contributed by atoms with van der Waals surface area (Å²) in [6.45, 7) is 4.81. The molecule has 2 unspecified atom stereocenters. The topological polar surface area (TPSA) is 18.5 Å². The Morgan fingerprint density at radius 1 is 1.00 bits per heavy atom. The summed E-state index contributed by atoms with van der Waals surface area (Å²) in [7, 11) is 1.00. The van der Waals surface area contributed by atoms with Crippen LogP contribution < -0.4 is 15.3 Å². The van der Waals surface area contributed by atoms with Crippen LogP contribution in [0, 0.1) is 0 Å². The molecule has 0 aromatic heterocycles. The predicted molar refractivity (Wildman–Crippen MR) is 103 cm³/mol. The zero-order valence-electron chi connectivity index (χ0n) is 14.4. The Labute approximate surface area is 145 Å². The average molecular weight is 338 g/mol. The van der Waals surface area contributed by atoms with Crippen molar-refractivity contribution >= 4 is 18.5 Å². The van der Waals surface area contributed by atoms with E-state index < -0.39 is 7.92 Å². The van der Waals surface area contributed by atoms with E-state index >= 15 is 0 Å². The van der Waals surface area contributed by atoms with Gasteiger partial charge in [0.2, 0.25) is 0 Å². The lowest BCUT2D eigenvalue weighted by atomic mass is 10.1. The highest BCUT2D eigenvalue weighted by atomic mass is 31.1. The first-order chi connectivity index (χ1) is 11.7. The summed E-state index contributed by atoms with van der Waals surface area (Å²) in [4.78, 5) is 0. The zero-order valence-corrected chi connectivity index (χ0v) is 15.3. The third-order valence-corrected chi connectivity index (χ3v) is 7.58. The van der Waals surface area contributed by atoms with Crippen molar-refractivity contribution in [3.05, 3.63) is 78.4 Å². The van der Waals surface area contributed by atoms with E-state index in [2.05, 4.69) is 74.5 Å². The highest BCUT2D eigenvalue weighted by Crippen LogP contribution is 2.55. The minimum Gasteiger partial charge on any atom is -0.467 e. The molecule has 0 aliphatic heterocycles. The minimum absolute atomic E-state index is 0.0107. The molecule has 0 amide bonds. The summed E-state index contributed by atoms with van der Waals surface area (Å²) in [5.41, 5.74) is 1.39. The molecule has 2 aromatic carbocycles. The quantitative estimate of drug-likeness (QED) is 0.575. The van der Waals surface area contributed by atoms with Gasteiger partial charge in [-0.1, -0.05) is 72.3 Å². The molecule has 0 N–H and O–H groups in total. The van der Waals surface area contributed by atoms with E-state index in [4.69, 9.17) is 9.47 Å². The minimum atomic E-state index is -0.646. The second-order valence-corrected chi connectivity index (χ2v) is 8.64. The van der Waals surface area contributed by atoms with E-state index in [0.29, 0.717) is 0 Å². The molecule has 0 radical (unpaired) electrons. The van der Waals surface area contributed by atoms with E-state index in [0.717, 1.165) is 5.75 Å². The summed E-state index contributed by atoms with van der Waals surface area (Å²) in [5.74, 6) is 0.906. The number of para-hydroxylation sites is 1. The number of methoxy groups -OCH3 is 1. The van der Waals surface area contributed by atoms with Crippen LogP contribution in [0.1, 0.15) is 13.8 Å². The van der Waals surface area contributed by atoms with Crippen molar-refractivity contribution in [3.8, 4) is 5.75 Å². The van der Waals surface area contributed by atoms with Crippen molar-refractivity contribution in [2.24, 2.45) is 0 Å². The molecular weight excluding hydrogens is 315 g/mol. The summed E-state index contributed by atoms with van der Waals surface area (Å²) in [5, 5.41) is 2.59. The summed E-state index contributed by atoms with van der Waals surface area (Å²) < 4.78 is 11.0. The number of allylic oxidation sites excluding steroid dienone is 4. The largest absolute Gasteiger partial charge is 0.467 e. The molecule has 0 saturated carbocycles. The van der Waals surface area contributed by atoms with Crippen molar-refractivity contribution in [3.63, 3.8) is 0 Å². The second kappa shape index (κ2) is 7.34. The number of hydrogen-bond donors (Lipinski definition) is 0. The first-order valence-corrected chi connectivity index (χ1v) is 9.43. The molecule has 2 atom stereocenters. The van der Waals surface area contributed by atoms with Gasteiger partial charge in [0.1, 0.15) is 5.75 Å². The molecule has 1 aliphatic carbocycles. The van der Waals surface area contributed by atoms with Crippen LogP contribution in [0.4, 0.5) is 0 Å². The molecule has 0 spiro atoms. The van der Waals surface area contributed by atoms with Crippen LogP contribution in [0.3, 0.4) is 0 Å². The van der Waals surface area contributed by atoms with Crippen molar-refractivity contribution in [2.45, 2.75) is 19.0 Å². The van der Waals surface area contributed by atoms with Gasteiger partial charge in [-0.15, -0.1) is 0 Å². The third kappa shape index (κ3) is 3.17. The Kier molecular flexibility index (Phi) is 5.18. The van der Waals surface area contributed by atoms with Crippen molar-refractivity contribution in [1.29, 1.82) is 0 Å². The Morgan fingerprint density at radius 3 is 2.38 bits per heavy atom.